The van der Waals surface area contributed by atoms with Crippen LogP contribution < -0.4 is 10.2 Å². The van der Waals surface area contributed by atoms with Crippen molar-refractivity contribution < 1.29 is 14.7 Å². The molecule has 19 heavy (non-hydrogen) atoms. The van der Waals surface area contributed by atoms with Crippen LogP contribution in [0.15, 0.2) is 18.2 Å². The van der Waals surface area contributed by atoms with E-state index in [1.54, 1.807) is 23.1 Å². The molecule has 1 unspecified atom stereocenters. The van der Waals surface area contributed by atoms with E-state index in [4.69, 9.17) is 28.3 Å². The van der Waals surface area contributed by atoms with Crippen molar-refractivity contribution in [2.75, 3.05) is 18.0 Å². The largest absolute Gasteiger partial charge is 0.481 e. The molecule has 1 fully saturated rings. The van der Waals surface area contributed by atoms with Gasteiger partial charge in [-0.15, -0.1) is 0 Å². The van der Waals surface area contributed by atoms with Crippen LogP contribution in [-0.4, -0.2) is 36.1 Å². The monoisotopic (exact) mass is 302 g/mol. The summed E-state index contributed by atoms with van der Waals surface area (Å²) in [7, 11) is 0. The molecule has 2 rings (SSSR count). The minimum absolute atomic E-state index is 0.273. The van der Waals surface area contributed by atoms with Gasteiger partial charge in [0.15, 0.2) is 0 Å². The first kappa shape index (κ1) is 14.0. The zero-order chi connectivity index (χ0) is 14.0. The standard InChI is InChI=1S/C12H12Cl2N2O3/c13-7-1-2-9(8(14)5-7)16-4-3-15-12(19)10(16)6-11(17)18/h1-2,5,10H,3-4,6H2,(H,15,19)(H,17,18). The number of carbonyl (C=O) groups excluding carboxylic acids is 1. The third-order valence-electron chi connectivity index (χ3n) is 2.92. The van der Waals surface area contributed by atoms with E-state index in [9.17, 15) is 9.59 Å². The SMILES string of the molecule is O=C(O)CC1C(=O)NCCN1c1ccc(Cl)cc1Cl. The summed E-state index contributed by atoms with van der Waals surface area (Å²) in [6.07, 6.45) is -0.273. The van der Waals surface area contributed by atoms with Gasteiger partial charge in [0, 0.05) is 18.1 Å². The summed E-state index contributed by atoms with van der Waals surface area (Å²) < 4.78 is 0. The lowest BCUT2D eigenvalue weighted by molar-refractivity contribution is -0.139. The molecule has 7 heteroatoms. The van der Waals surface area contributed by atoms with E-state index < -0.39 is 12.0 Å². The first-order valence-corrected chi connectivity index (χ1v) is 6.46. The van der Waals surface area contributed by atoms with Gasteiger partial charge in [-0.25, -0.2) is 0 Å². The Morgan fingerprint density at radius 3 is 2.84 bits per heavy atom. The van der Waals surface area contributed by atoms with E-state index in [1.807, 2.05) is 0 Å². The molecule has 5 nitrogen and oxygen atoms in total. The molecule has 1 amide bonds. The maximum Gasteiger partial charge on any atom is 0.305 e. The summed E-state index contributed by atoms with van der Waals surface area (Å²) >= 11 is 11.9. The smallest absolute Gasteiger partial charge is 0.305 e. The van der Waals surface area contributed by atoms with Crippen LogP contribution in [0, 0.1) is 0 Å². The number of hydrogen-bond donors (Lipinski definition) is 2. The number of carbonyl (C=O) groups is 2. The highest BCUT2D eigenvalue weighted by molar-refractivity contribution is 6.36. The van der Waals surface area contributed by atoms with Crippen molar-refractivity contribution in [3.05, 3.63) is 28.2 Å². The van der Waals surface area contributed by atoms with E-state index in [0.29, 0.717) is 28.8 Å². The van der Waals surface area contributed by atoms with Gasteiger partial charge in [0.05, 0.1) is 17.1 Å². The van der Waals surface area contributed by atoms with Crippen LogP contribution in [0.1, 0.15) is 6.42 Å². The minimum Gasteiger partial charge on any atom is -0.481 e. The second kappa shape index (κ2) is 5.67. The molecule has 0 aromatic heterocycles. The van der Waals surface area contributed by atoms with Crippen LogP contribution in [0.5, 0.6) is 0 Å². The molecule has 1 saturated heterocycles. The highest BCUT2D eigenvalue weighted by atomic mass is 35.5. The molecule has 1 aliphatic rings. The van der Waals surface area contributed by atoms with Gasteiger partial charge < -0.3 is 15.3 Å². The lowest BCUT2D eigenvalue weighted by Gasteiger charge is -2.36. The zero-order valence-electron chi connectivity index (χ0n) is 9.90. The molecule has 0 aliphatic carbocycles. The molecule has 1 heterocycles. The zero-order valence-corrected chi connectivity index (χ0v) is 11.4. The maximum atomic E-state index is 11.8. The van der Waals surface area contributed by atoms with Gasteiger partial charge in [0.25, 0.3) is 0 Å². The average molecular weight is 303 g/mol. The number of rotatable bonds is 3. The normalized spacial score (nSPS) is 19.2. The third kappa shape index (κ3) is 3.11. The second-order valence-corrected chi connectivity index (χ2v) is 5.04. The molecule has 0 radical (unpaired) electrons. The van der Waals surface area contributed by atoms with Gasteiger partial charge >= 0.3 is 5.97 Å². The van der Waals surface area contributed by atoms with Crippen LogP contribution in [0.4, 0.5) is 5.69 Å². The van der Waals surface area contributed by atoms with Crippen LogP contribution in [0.25, 0.3) is 0 Å². The Hall–Kier alpha value is -1.46. The van der Waals surface area contributed by atoms with E-state index in [2.05, 4.69) is 5.32 Å². The Morgan fingerprint density at radius 2 is 2.21 bits per heavy atom. The number of hydrogen-bond acceptors (Lipinski definition) is 3. The summed E-state index contributed by atoms with van der Waals surface area (Å²) in [5.41, 5.74) is 0.618. The Balaban J connectivity index is 2.33. The molecule has 2 N–H and O–H groups in total. The van der Waals surface area contributed by atoms with Crippen LogP contribution in [-0.2, 0) is 9.59 Å². The molecular weight excluding hydrogens is 291 g/mol. The molecule has 1 atom stereocenters. The number of halogens is 2. The van der Waals surface area contributed by atoms with E-state index in [0.717, 1.165) is 0 Å². The fourth-order valence-electron chi connectivity index (χ4n) is 2.09. The Bertz CT molecular complexity index is 522. The van der Waals surface area contributed by atoms with Gasteiger partial charge in [-0.05, 0) is 18.2 Å². The van der Waals surface area contributed by atoms with Gasteiger partial charge in [0.1, 0.15) is 6.04 Å². The highest BCUT2D eigenvalue weighted by Crippen LogP contribution is 2.31. The molecule has 1 aromatic carbocycles. The highest BCUT2D eigenvalue weighted by Gasteiger charge is 2.32. The van der Waals surface area contributed by atoms with Crippen molar-refractivity contribution >= 4 is 40.8 Å². The molecular formula is C12H12Cl2N2O3. The van der Waals surface area contributed by atoms with Gasteiger partial charge in [-0.2, -0.15) is 0 Å². The van der Waals surface area contributed by atoms with Crippen LogP contribution in [0.2, 0.25) is 10.0 Å². The van der Waals surface area contributed by atoms with Gasteiger partial charge in [0.2, 0.25) is 5.91 Å². The summed E-state index contributed by atoms with van der Waals surface area (Å²) in [4.78, 5) is 24.4. The van der Waals surface area contributed by atoms with E-state index in [1.165, 1.54) is 0 Å². The maximum absolute atomic E-state index is 11.8. The number of nitrogens with one attached hydrogen (secondary N) is 1. The van der Waals surface area contributed by atoms with Crippen molar-refractivity contribution in [3.63, 3.8) is 0 Å². The number of carboxylic acid groups (broad SMARTS) is 1. The van der Waals surface area contributed by atoms with Crippen molar-refractivity contribution in [2.24, 2.45) is 0 Å². The lowest BCUT2D eigenvalue weighted by atomic mass is 10.1. The summed E-state index contributed by atoms with van der Waals surface area (Å²) in [5.74, 6) is -1.34. The summed E-state index contributed by atoms with van der Waals surface area (Å²) in [5, 5.41) is 12.4. The van der Waals surface area contributed by atoms with Crippen molar-refractivity contribution in [1.82, 2.24) is 5.32 Å². The van der Waals surface area contributed by atoms with Crippen molar-refractivity contribution in [3.8, 4) is 0 Å². The Morgan fingerprint density at radius 1 is 1.47 bits per heavy atom. The number of aliphatic carboxylic acids is 1. The third-order valence-corrected chi connectivity index (χ3v) is 3.46. The number of piperazine rings is 1. The topological polar surface area (TPSA) is 69.6 Å². The van der Waals surface area contributed by atoms with Crippen molar-refractivity contribution in [2.45, 2.75) is 12.5 Å². The molecule has 0 bridgehead atoms. The van der Waals surface area contributed by atoms with E-state index in [-0.39, 0.29) is 12.3 Å². The number of nitrogens with zero attached hydrogens (tertiary/aromatic N) is 1. The van der Waals surface area contributed by atoms with Gasteiger partial charge in [-0.3, -0.25) is 9.59 Å². The first-order valence-electron chi connectivity index (χ1n) is 5.70. The fraction of sp³-hybridized carbons (Fsp3) is 0.333. The number of carboxylic acids is 1. The first-order chi connectivity index (χ1) is 8.99. The predicted octanol–water partition coefficient (Wildman–Crippen LogP) is 1.77. The molecule has 1 aromatic rings. The predicted molar refractivity (Wildman–Crippen MR) is 72.9 cm³/mol. The number of amides is 1. The molecule has 1 aliphatic heterocycles. The summed E-state index contributed by atoms with van der Waals surface area (Å²) in [6.45, 7) is 0.957. The van der Waals surface area contributed by atoms with Crippen LogP contribution >= 0.6 is 23.2 Å². The Labute approximate surface area is 120 Å². The quantitative estimate of drug-likeness (QED) is 0.893. The van der Waals surface area contributed by atoms with E-state index >= 15 is 0 Å². The van der Waals surface area contributed by atoms with Crippen molar-refractivity contribution in [1.29, 1.82) is 0 Å². The molecule has 102 valence electrons. The lowest BCUT2D eigenvalue weighted by Crippen LogP contribution is -2.56. The van der Waals surface area contributed by atoms with Crippen LogP contribution in [0.3, 0.4) is 0 Å². The number of anilines is 1. The molecule has 0 saturated carbocycles. The van der Waals surface area contributed by atoms with Gasteiger partial charge in [-0.1, -0.05) is 23.2 Å². The second-order valence-electron chi connectivity index (χ2n) is 4.19. The average Bonchev–Trinajstić information content (AvgIpc) is 2.32. The Kier molecular flexibility index (Phi) is 4.17. The number of benzene rings is 1. The summed E-state index contributed by atoms with van der Waals surface area (Å²) in [6, 6.07) is 4.17. The molecule has 0 spiro atoms. The minimum atomic E-state index is -1.03. The fourth-order valence-corrected chi connectivity index (χ4v) is 2.60.